The summed E-state index contributed by atoms with van der Waals surface area (Å²) in [6.45, 7) is 10.6. The van der Waals surface area contributed by atoms with Gasteiger partial charge < -0.3 is 10.6 Å². The number of nitrogens with zero attached hydrogens (tertiary/aromatic N) is 3. The van der Waals surface area contributed by atoms with Crippen LogP contribution in [-0.4, -0.2) is 71.8 Å². The van der Waals surface area contributed by atoms with Crippen molar-refractivity contribution < 1.29 is 9.59 Å². The monoisotopic (exact) mass is 344 g/mol. The van der Waals surface area contributed by atoms with Gasteiger partial charge in [0.25, 0.3) is 0 Å². The maximum absolute atomic E-state index is 11.5. The lowest BCUT2D eigenvalue weighted by Gasteiger charge is -2.39. The van der Waals surface area contributed by atoms with Crippen LogP contribution in [0.4, 0.5) is 0 Å². The van der Waals surface area contributed by atoms with E-state index in [9.17, 15) is 9.59 Å². The first-order chi connectivity index (χ1) is 11.9. The number of primary amides is 1. The third-order valence-electron chi connectivity index (χ3n) is 5.52. The topological polar surface area (TPSA) is 69.9 Å². The molecule has 2 saturated heterocycles. The first kappa shape index (κ1) is 17.9. The molecule has 25 heavy (non-hydrogen) atoms. The van der Waals surface area contributed by atoms with Crippen molar-refractivity contribution in [2.45, 2.75) is 26.4 Å². The van der Waals surface area contributed by atoms with Crippen molar-refractivity contribution >= 4 is 11.8 Å². The number of likely N-dealkylation sites (tertiary alicyclic amines) is 1. The lowest BCUT2D eigenvalue weighted by Crippen LogP contribution is -2.53. The van der Waals surface area contributed by atoms with Crippen LogP contribution >= 0.6 is 0 Å². The molecular formula is C19H28N4O2. The maximum Gasteiger partial charge on any atom is 0.248 e. The Balaban J connectivity index is 1.54. The third-order valence-corrected chi connectivity index (χ3v) is 5.52. The standard InChI is InChI=1S/C19H28N4O2/c1-14-11-21(12-16-3-5-17(6-4-16)19(20)25)13-18(14)23-9-7-22(8-10-23)15(2)24/h3-6,14,18H,7-13H2,1-2H3,(H2,20,25)/t14-,18+/m1/s1. The molecule has 0 aliphatic carbocycles. The molecule has 2 fully saturated rings. The predicted molar refractivity (Wildman–Crippen MR) is 97.0 cm³/mol. The molecule has 2 aliphatic heterocycles. The molecule has 6 nitrogen and oxygen atoms in total. The lowest BCUT2D eigenvalue weighted by molar-refractivity contribution is -0.130. The Hall–Kier alpha value is -1.92. The summed E-state index contributed by atoms with van der Waals surface area (Å²) in [6.07, 6.45) is 0. The van der Waals surface area contributed by atoms with Crippen molar-refractivity contribution in [2.75, 3.05) is 39.3 Å². The number of carbonyl (C=O) groups is 2. The number of hydrogen-bond acceptors (Lipinski definition) is 4. The van der Waals surface area contributed by atoms with Crippen LogP contribution in [0.15, 0.2) is 24.3 Å². The number of piperazine rings is 1. The molecule has 6 heteroatoms. The van der Waals surface area contributed by atoms with E-state index in [1.165, 1.54) is 5.56 Å². The highest BCUT2D eigenvalue weighted by molar-refractivity contribution is 5.92. The number of rotatable bonds is 4. The zero-order valence-corrected chi connectivity index (χ0v) is 15.1. The minimum Gasteiger partial charge on any atom is -0.366 e. The van der Waals surface area contributed by atoms with Crippen LogP contribution in [0.5, 0.6) is 0 Å². The Morgan fingerprint density at radius 3 is 2.28 bits per heavy atom. The minimum absolute atomic E-state index is 0.181. The van der Waals surface area contributed by atoms with Gasteiger partial charge in [-0.15, -0.1) is 0 Å². The van der Waals surface area contributed by atoms with Gasteiger partial charge in [-0.3, -0.25) is 19.4 Å². The summed E-state index contributed by atoms with van der Waals surface area (Å²) in [6, 6.07) is 8.14. The van der Waals surface area contributed by atoms with Gasteiger partial charge in [0.05, 0.1) is 0 Å². The van der Waals surface area contributed by atoms with Gasteiger partial charge in [-0.25, -0.2) is 0 Å². The molecule has 2 atom stereocenters. The fourth-order valence-electron chi connectivity index (χ4n) is 4.05. The second-order valence-corrected chi connectivity index (χ2v) is 7.34. The smallest absolute Gasteiger partial charge is 0.248 e. The quantitative estimate of drug-likeness (QED) is 0.876. The highest BCUT2D eigenvalue weighted by atomic mass is 16.2. The minimum atomic E-state index is -0.383. The van der Waals surface area contributed by atoms with Gasteiger partial charge in [0, 0.05) is 64.3 Å². The molecule has 2 amide bonds. The molecular weight excluding hydrogens is 316 g/mol. The van der Waals surface area contributed by atoms with Crippen LogP contribution < -0.4 is 5.73 Å². The van der Waals surface area contributed by atoms with Crippen molar-refractivity contribution in [3.05, 3.63) is 35.4 Å². The molecule has 0 bridgehead atoms. The van der Waals surface area contributed by atoms with Crippen LogP contribution in [0.1, 0.15) is 29.8 Å². The zero-order chi connectivity index (χ0) is 18.0. The first-order valence-electron chi connectivity index (χ1n) is 9.04. The molecule has 136 valence electrons. The SMILES string of the molecule is CC(=O)N1CCN([C@H]2CN(Cc3ccc(C(N)=O)cc3)C[C@H]2C)CC1. The number of benzene rings is 1. The van der Waals surface area contributed by atoms with Gasteiger partial charge in [0.15, 0.2) is 0 Å². The van der Waals surface area contributed by atoms with Crippen LogP contribution in [0.3, 0.4) is 0 Å². The highest BCUT2D eigenvalue weighted by Crippen LogP contribution is 2.24. The molecule has 0 aromatic heterocycles. The van der Waals surface area contributed by atoms with E-state index in [0.29, 0.717) is 17.5 Å². The summed E-state index contributed by atoms with van der Waals surface area (Å²) in [4.78, 5) is 29.6. The van der Waals surface area contributed by atoms with Gasteiger partial charge in [-0.05, 0) is 23.6 Å². The molecule has 1 aromatic rings. The second-order valence-electron chi connectivity index (χ2n) is 7.34. The summed E-state index contributed by atoms with van der Waals surface area (Å²) in [5, 5.41) is 0. The Labute approximate surface area is 149 Å². The Kier molecular flexibility index (Phi) is 5.39. The van der Waals surface area contributed by atoms with Crippen molar-refractivity contribution in [2.24, 2.45) is 11.7 Å². The van der Waals surface area contributed by atoms with Gasteiger partial charge >= 0.3 is 0 Å². The molecule has 2 aliphatic rings. The van der Waals surface area contributed by atoms with Crippen molar-refractivity contribution in [3.63, 3.8) is 0 Å². The number of hydrogen-bond donors (Lipinski definition) is 1. The Morgan fingerprint density at radius 2 is 1.72 bits per heavy atom. The Bertz CT molecular complexity index is 623. The largest absolute Gasteiger partial charge is 0.366 e. The molecule has 3 rings (SSSR count). The fourth-order valence-corrected chi connectivity index (χ4v) is 4.05. The molecule has 0 spiro atoms. The van der Waals surface area contributed by atoms with Crippen molar-refractivity contribution in [1.82, 2.24) is 14.7 Å². The first-order valence-corrected chi connectivity index (χ1v) is 9.04. The molecule has 0 unspecified atom stereocenters. The molecule has 0 saturated carbocycles. The van der Waals surface area contributed by atoms with Gasteiger partial charge in [-0.1, -0.05) is 19.1 Å². The average Bonchev–Trinajstić information content (AvgIpc) is 2.95. The van der Waals surface area contributed by atoms with E-state index >= 15 is 0 Å². The van der Waals surface area contributed by atoms with E-state index in [1.54, 1.807) is 19.1 Å². The molecule has 1 aromatic carbocycles. The number of carbonyl (C=O) groups excluding carboxylic acids is 2. The second kappa shape index (κ2) is 7.54. The van der Waals surface area contributed by atoms with Gasteiger partial charge in [-0.2, -0.15) is 0 Å². The van der Waals surface area contributed by atoms with Crippen LogP contribution in [-0.2, 0) is 11.3 Å². The number of amides is 2. The highest BCUT2D eigenvalue weighted by Gasteiger charge is 2.35. The third kappa shape index (κ3) is 4.19. The molecule has 2 N–H and O–H groups in total. The average molecular weight is 344 g/mol. The van der Waals surface area contributed by atoms with Crippen molar-refractivity contribution in [3.8, 4) is 0 Å². The zero-order valence-electron chi connectivity index (χ0n) is 15.1. The van der Waals surface area contributed by atoms with E-state index in [4.69, 9.17) is 5.73 Å². The van der Waals surface area contributed by atoms with E-state index in [2.05, 4.69) is 16.7 Å². The van der Waals surface area contributed by atoms with Gasteiger partial charge in [0.1, 0.15) is 0 Å². The molecule has 0 radical (unpaired) electrons. The van der Waals surface area contributed by atoms with E-state index in [1.807, 2.05) is 17.0 Å². The number of nitrogens with two attached hydrogens (primary N) is 1. The fraction of sp³-hybridized carbons (Fsp3) is 0.579. The lowest BCUT2D eigenvalue weighted by atomic mass is 10.0. The van der Waals surface area contributed by atoms with Crippen molar-refractivity contribution in [1.29, 1.82) is 0 Å². The van der Waals surface area contributed by atoms with Gasteiger partial charge in [0.2, 0.25) is 11.8 Å². The summed E-state index contributed by atoms with van der Waals surface area (Å²) in [5.74, 6) is 0.417. The molecule has 2 heterocycles. The van der Waals surface area contributed by atoms with E-state index in [-0.39, 0.29) is 11.8 Å². The maximum atomic E-state index is 11.5. The van der Waals surface area contributed by atoms with Crippen LogP contribution in [0.2, 0.25) is 0 Å². The summed E-state index contributed by atoms with van der Waals surface area (Å²) >= 11 is 0. The van der Waals surface area contributed by atoms with Crippen LogP contribution in [0, 0.1) is 5.92 Å². The summed E-state index contributed by atoms with van der Waals surface area (Å²) in [5.41, 5.74) is 7.06. The Morgan fingerprint density at radius 1 is 1.08 bits per heavy atom. The normalized spacial score (nSPS) is 25.3. The summed E-state index contributed by atoms with van der Waals surface area (Å²) < 4.78 is 0. The van der Waals surface area contributed by atoms with E-state index in [0.717, 1.165) is 45.8 Å². The predicted octanol–water partition coefficient (Wildman–Crippen LogP) is 0.770. The summed E-state index contributed by atoms with van der Waals surface area (Å²) in [7, 11) is 0. The van der Waals surface area contributed by atoms with Crippen LogP contribution in [0.25, 0.3) is 0 Å². The van der Waals surface area contributed by atoms with E-state index < -0.39 is 0 Å².